The molecule has 1 amide bonds. The van der Waals surface area contributed by atoms with Gasteiger partial charge in [-0.2, -0.15) is 11.8 Å². The van der Waals surface area contributed by atoms with Gasteiger partial charge in [0.25, 0.3) is 0 Å². The van der Waals surface area contributed by atoms with Gasteiger partial charge in [0.15, 0.2) is 5.96 Å². The van der Waals surface area contributed by atoms with E-state index >= 15 is 0 Å². The van der Waals surface area contributed by atoms with Crippen LogP contribution in [-0.4, -0.2) is 85.5 Å². The molecule has 1 aliphatic carbocycles. The summed E-state index contributed by atoms with van der Waals surface area (Å²) in [5.74, 6) is 4.61. The van der Waals surface area contributed by atoms with Crippen LogP contribution < -0.4 is 10.6 Å². The van der Waals surface area contributed by atoms with E-state index in [2.05, 4.69) is 32.3 Å². The Hall–Kier alpha value is -0.220. The van der Waals surface area contributed by atoms with Gasteiger partial charge in [0.1, 0.15) is 0 Å². The molecule has 0 aromatic heterocycles. The molecule has 0 aromatic rings. The topological polar surface area (TPSA) is 60.0 Å². The van der Waals surface area contributed by atoms with E-state index in [0.717, 1.165) is 68.7 Å². The summed E-state index contributed by atoms with van der Waals surface area (Å²) in [7, 11) is 1.86. The van der Waals surface area contributed by atoms with Gasteiger partial charge in [0.2, 0.25) is 5.91 Å². The fraction of sp³-hybridized carbons (Fsp3) is 0.909. The SMILES string of the molecule is CCN1CCC(CCNC(=NC)NC2CCC(C(=O)N3CCSCC3)CC2)CC1.I. The molecule has 6 nitrogen and oxygen atoms in total. The molecule has 0 bridgehead atoms. The van der Waals surface area contributed by atoms with Crippen LogP contribution in [0.4, 0.5) is 0 Å². The van der Waals surface area contributed by atoms with Crippen LogP contribution in [0.3, 0.4) is 0 Å². The Labute approximate surface area is 204 Å². The molecule has 0 aromatic carbocycles. The minimum atomic E-state index is 0. The van der Waals surface area contributed by atoms with E-state index in [0.29, 0.717) is 11.9 Å². The molecule has 3 aliphatic rings. The lowest BCUT2D eigenvalue weighted by molar-refractivity contribution is -0.136. The maximum atomic E-state index is 12.7. The minimum Gasteiger partial charge on any atom is -0.356 e. The van der Waals surface area contributed by atoms with Crippen LogP contribution in [-0.2, 0) is 4.79 Å². The number of carbonyl (C=O) groups excluding carboxylic acids is 1. The fourth-order valence-electron chi connectivity index (χ4n) is 4.90. The highest BCUT2D eigenvalue weighted by Crippen LogP contribution is 2.27. The average Bonchev–Trinajstić information content (AvgIpc) is 2.79. The number of likely N-dealkylation sites (tertiary alicyclic amines) is 1. The van der Waals surface area contributed by atoms with Crippen LogP contribution in [0.1, 0.15) is 51.9 Å². The number of halogens is 1. The van der Waals surface area contributed by atoms with Gasteiger partial charge in [0, 0.05) is 50.1 Å². The Morgan fingerprint density at radius 2 is 1.70 bits per heavy atom. The molecule has 3 rings (SSSR count). The van der Waals surface area contributed by atoms with Gasteiger partial charge < -0.3 is 20.4 Å². The van der Waals surface area contributed by atoms with E-state index in [-0.39, 0.29) is 29.9 Å². The third kappa shape index (κ3) is 8.04. The number of rotatable bonds is 6. The summed E-state index contributed by atoms with van der Waals surface area (Å²) >= 11 is 1.96. The largest absolute Gasteiger partial charge is 0.356 e. The second-order valence-corrected chi connectivity index (χ2v) is 10.0. The Kier molecular flexibility index (Phi) is 12.2. The molecule has 3 fully saturated rings. The summed E-state index contributed by atoms with van der Waals surface area (Å²) < 4.78 is 0. The van der Waals surface area contributed by atoms with Crippen molar-refractivity contribution < 1.29 is 4.79 Å². The lowest BCUT2D eigenvalue weighted by atomic mass is 9.85. The van der Waals surface area contributed by atoms with Gasteiger partial charge in [0.05, 0.1) is 0 Å². The number of hydrogen-bond acceptors (Lipinski definition) is 4. The third-order valence-corrected chi connectivity index (χ3v) is 7.91. The minimum absolute atomic E-state index is 0. The molecule has 174 valence electrons. The molecule has 2 saturated heterocycles. The van der Waals surface area contributed by atoms with E-state index < -0.39 is 0 Å². The van der Waals surface area contributed by atoms with E-state index in [9.17, 15) is 4.79 Å². The first-order valence-corrected chi connectivity index (χ1v) is 12.9. The predicted octanol–water partition coefficient (Wildman–Crippen LogP) is 3.03. The summed E-state index contributed by atoms with van der Waals surface area (Å²) in [6, 6.07) is 0.440. The monoisotopic (exact) mass is 551 g/mol. The first kappa shape index (κ1) is 26.0. The van der Waals surface area contributed by atoms with Gasteiger partial charge >= 0.3 is 0 Å². The van der Waals surface area contributed by atoms with Gasteiger partial charge in [-0.05, 0) is 70.5 Å². The molecule has 2 aliphatic heterocycles. The van der Waals surface area contributed by atoms with Gasteiger partial charge in [-0.1, -0.05) is 6.92 Å². The molecular weight excluding hydrogens is 509 g/mol. The van der Waals surface area contributed by atoms with Crippen LogP contribution in [0.25, 0.3) is 0 Å². The van der Waals surface area contributed by atoms with Crippen LogP contribution >= 0.6 is 35.7 Å². The van der Waals surface area contributed by atoms with E-state index in [1.807, 2.05) is 18.8 Å². The molecule has 2 N–H and O–H groups in total. The summed E-state index contributed by atoms with van der Waals surface area (Å²) in [6.45, 7) is 8.83. The molecule has 0 radical (unpaired) electrons. The second kappa shape index (κ2) is 14.0. The molecular formula is C22H42IN5OS. The maximum absolute atomic E-state index is 12.7. The quantitative estimate of drug-likeness (QED) is 0.302. The number of carbonyl (C=O) groups is 1. The van der Waals surface area contributed by atoms with Gasteiger partial charge in [-0.15, -0.1) is 24.0 Å². The summed E-state index contributed by atoms with van der Waals surface area (Å²) in [5, 5.41) is 7.12. The first-order valence-electron chi connectivity index (χ1n) is 11.8. The number of aliphatic imine (C=N–C) groups is 1. The normalized spacial score (nSPS) is 26.7. The van der Waals surface area contributed by atoms with Crippen molar-refractivity contribution in [3.8, 4) is 0 Å². The maximum Gasteiger partial charge on any atom is 0.225 e. The van der Waals surface area contributed by atoms with Crippen molar-refractivity contribution in [3.05, 3.63) is 0 Å². The van der Waals surface area contributed by atoms with E-state index in [1.54, 1.807) is 0 Å². The summed E-state index contributed by atoms with van der Waals surface area (Å²) in [4.78, 5) is 21.8. The molecule has 8 heteroatoms. The van der Waals surface area contributed by atoms with Crippen molar-refractivity contribution in [2.45, 2.75) is 57.9 Å². The molecule has 1 saturated carbocycles. The van der Waals surface area contributed by atoms with E-state index in [1.165, 1.54) is 38.9 Å². The Balaban J connectivity index is 0.00000320. The highest BCUT2D eigenvalue weighted by molar-refractivity contribution is 14.0. The van der Waals surface area contributed by atoms with Crippen molar-refractivity contribution in [1.82, 2.24) is 20.4 Å². The summed E-state index contributed by atoms with van der Waals surface area (Å²) in [5.41, 5.74) is 0. The van der Waals surface area contributed by atoms with Crippen molar-refractivity contribution >= 4 is 47.6 Å². The standard InChI is InChI=1S/C22H41N5OS.HI/c1-3-26-12-9-18(10-13-26)8-11-24-22(23-2)25-20-6-4-19(5-7-20)21(28)27-14-16-29-17-15-27;/h18-20H,3-17H2,1-2H3,(H2,23,24,25);1H. The highest BCUT2D eigenvalue weighted by atomic mass is 127. The van der Waals surface area contributed by atoms with Crippen LogP contribution in [0.5, 0.6) is 0 Å². The third-order valence-electron chi connectivity index (χ3n) is 6.96. The second-order valence-electron chi connectivity index (χ2n) is 8.80. The molecule has 0 spiro atoms. The lowest BCUT2D eigenvalue weighted by Gasteiger charge is -2.34. The van der Waals surface area contributed by atoms with Crippen molar-refractivity contribution in [2.24, 2.45) is 16.8 Å². The number of nitrogens with zero attached hydrogens (tertiary/aromatic N) is 3. The molecule has 2 heterocycles. The van der Waals surface area contributed by atoms with Crippen molar-refractivity contribution in [2.75, 3.05) is 57.8 Å². The van der Waals surface area contributed by atoms with Crippen LogP contribution in [0.2, 0.25) is 0 Å². The Bertz CT molecular complexity index is 528. The molecule has 30 heavy (non-hydrogen) atoms. The van der Waals surface area contributed by atoms with Gasteiger partial charge in [-0.3, -0.25) is 9.79 Å². The zero-order valence-corrected chi connectivity index (χ0v) is 22.1. The number of piperidine rings is 1. The fourth-order valence-corrected chi connectivity index (χ4v) is 5.80. The average molecular weight is 552 g/mol. The van der Waals surface area contributed by atoms with E-state index in [4.69, 9.17) is 0 Å². The zero-order chi connectivity index (χ0) is 20.5. The predicted molar refractivity (Wildman–Crippen MR) is 139 cm³/mol. The zero-order valence-electron chi connectivity index (χ0n) is 18.9. The molecule has 0 atom stereocenters. The number of nitrogens with one attached hydrogen (secondary N) is 2. The lowest BCUT2D eigenvalue weighted by Crippen LogP contribution is -2.47. The van der Waals surface area contributed by atoms with Crippen molar-refractivity contribution in [3.63, 3.8) is 0 Å². The Morgan fingerprint density at radius 1 is 1.03 bits per heavy atom. The number of hydrogen-bond donors (Lipinski definition) is 2. The Morgan fingerprint density at radius 3 is 2.30 bits per heavy atom. The highest BCUT2D eigenvalue weighted by Gasteiger charge is 2.30. The first-order chi connectivity index (χ1) is 14.2. The number of guanidine groups is 1. The van der Waals surface area contributed by atoms with Crippen LogP contribution in [0.15, 0.2) is 4.99 Å². The van der Waals surface area contributed by atoms with Gasteiger partial charge in [-0.25, -0.2) is 0 Å². The van der Waals surface area contributed by atoms with Crippen molar-refractivity contribution in [1.29, 1.82) is 0 Å². The number of thioether (sulfide) groups is 1. The number of amides is 1. The molecule has 0 unspecified atom stereocenters. The summed E-state index contributed by atoms with van der Waals surface area (Å²) in [6.07, 6.45) is 8.03. The van der Waals surface area contributed by atoms with Crippen LogP contribution in [0, 0.1) is 11.8 Å². The smallest absolute Gasteiger partial charge is 0.225 e.